The maximum Gasteiger partial charge on any atom is 0.472 e. The van der Waals surface area contributed by atoms with Crippen LogP contribution in [0.1, 0.15) is 194 Å². The molecule has 0 fully saturated rings. The molecule has 0 saturated carbocycles. The van der Waals surface area contributed by atoms with Crippen LogP contribution in [0.25, 0.3) is 0 Å². The van der Waals surface area contributed by atoms with Gasteiger partial charge in [-0.25, -0.2) is 4.57 Å². The molecule has 0 aromatic rings. The van der Waals surface area contributed by atoms with E-state index in [1.807, 2.05) is 0 Å². The summed E-state index contributed by atoms with van der Waals surface area (Å²) in [5.41, 5.74) is 0. The van der Waals surface area contributed by atoms with Gasteiger partial charge in [0.15, 0.2) is 0 Å². The fourth-order valence-electron chi connectivity index (χ4n) is 5.71. The van der Waals surface area contributed by atoms with Crippen molar-refractivity contribution in [3.8, 4) is 0 Å². The maximum absolute atomic E-state index is 12.6. The van der Waals surface area contributed by atoms with E-state index in [1.165, 1.54) is 141 Å². The van der Waals surface area contributed by atoms with E-state index in [0.717, 1.165) is 32.1 Å². The molecule has 3 atom stereocenters. The average molecular weight is 709 g/mol. The summed E-state index contributed by atoms with van der Waals surface area (Å²) in [6.07, 6.45) is 31.9. The van der Waals surface area contributed by atoms with Crippen molar-refractivity contribution in [1.82, 2.24) is 0 Å². The summed E-state index contributed by atoms with van der Waals surface area (Å²) in [4.78, 5) is 22.5. The Morgan fingerprint density at radius 2 is 0.938 bits per heavy atom. The van der Waals surface area contributed by atoms with Crippen LogP contribution < -0.4 is 0 Å². The van der Waals surface area contributed by atoms with Gasteiger partial charge in [0.1, 0.15) is 12.2 Å². The fraction of sp³-hybridized carbons (Fsp3) is 0.974. The van der Waals surface area contributed by atoms with Gasteiger partial charge in [0, 0.05) is 13.0 Å². The number of esters is 1. The number of ether oxygens (including phenoxy) is 2. The normalized spacial score (nSPS) is 14.2. The first kappa shape index (κ1) is 47.5. The van der Waals surface area contributed by atoms with Gasteiger partial charge in [-0.2, -0.15) is 0 Å². The number of phosphoric ester groups is 1. The number of phosphoric acid groups is 1. The predicted molar refractivity (Wildman–Crippen MR) is 196 cm³/mol. The van der Waals surface area contributed by atoms with Crippen LogP contribution in [-0.2, 0) is 27.9 Å². The minimum Gasteiger partial charge on any atom is -0.457 e. The number of rotatable bonds is 39. The third kappa shape index (κ3) is 35.3. The molecular weight excluding hydrogens is 631 g/mol. The Kier molecular flexibility index (Phi) is 35.8. The first-order valence-corrected chi connectivity index (χ1v) is 21.5. The van der Waals surface area contributed by atoms with Crippen LogP contribution in [-0.4, -0.2) is 66.3 Å². The van der Waals surface area contributed by atoms with Crippen molar-refractivity contribution in [3.05, 3.63) is 0 Å². The Balaban J connectivity index is 4.16. The van der Waals surface area contributed by atoms with Crippen LogP contribution in [0.2, 0.25) is 0 Å². The topological polar surface area (TPSA) is 132 Å². The van der Waals surface area contributed by atoms with E-state index in [2.05, 4.69) is 13.8 Å². The molecule has 0 aromatic heterocycles. The molecule has 0 aliphatic carbocycles. The van der Waals surface area contributed by atoms with E-state index in [-0.39, 0.29) is 25.6 Å². The molecule has 3 N–H and O–H groups in total. The lowest BCUT2D eigenvalue weighted by atomic mass is 10.0. The highest BCUT2D eigenvalue weighted by Crippen LogP contribution is 2.43. The second kappa shape index (κ2) is 36.3. The molecule has 0 amide bonds. The molecule has 0 spiro atoms. The number of carbonyl (C=O) groups is 1. The number of aliphatic hydroxyl groups excluding tert-OH is 2. The standard InChI is InChI=1S/C38H77O9P/c1-3-5-7-9-11-13-15-17-18-19-20-22-24-26-28-30-38(41)47-37(35-46-48(42,43)45-33-36(40)32-39)34-44-31-29-27-25-23-21-16-14-12-10-8-6-4-2/h36-37,39-40H,3-35H2,1-2H3,(H,42,43)/t36-,37+/m0/s1. The molecule has 0 aliphatic rings. The summed E-state index contributed by atoms with van der Waals surface area (Å²) in [5.74, 6) is -0.378. The molecule has 10 heteroatoms. The van der Waals surface area contributed by atoms with Gasteiger partial charge in [-0.3, -0.25) is 13.8 Å². The molecule has 0 aliphatic heterocycles. The zero-order valence-electron chi connectivity index (χ0n) is 31.2. The Morgan fingerprint density at radius 3 is 1.35 bits per heavy atom. The van der Waals surface area contributed by atoms with Gasteiger partial charge < -0.3 is 24.6 Å². The summed E-state index contributed by atoms with van der Waals surface area (Å²) in [6, 6.07) is 0. The third-order valence-corrected chi connectivity index (χ3v) is 9.74. The quantitative estimate of drug-likeness (QED) is 0.0324. The summed E-state index contributed by atoms with van der Waals surface area (Å²) in [5, 5.41) is 18.3. The molecular formula is C38H77O9P. The largest absolute Gasteiger partial charge is 0.472 e. The average Bonchev–Trinajstić information content (AvgIpc) is 3.07. The van der Waals surface area contributed by atoms with Crippen LogP contribution in [0.4, 0.5) is 0 Å². The lowest BCUT2D eigenvalue weighted by Gasteiger charge is -2.20. The van der Waals surface area contributed by atoms with E-state index in [4.69, 9.17) is 23.6 Å². The highest BCUT2D eigenvalue weighted by Gasteiger charge is 2.26. The molecule has 0 saturated heterocycles. The Bertz CT molecular complexity index is 724. The van der Waals surface area contributed by atoms with Crippen molar-refractivity contribution in [3.63, 3.8) is 0 Å². The van der Waals surface area contributed by atoms with Gasteiger partial charge in [-0.15, -0.1) is 0 Å². The van der Waals surface area contributed by atoms with Crippen LogP contribution in [0, 0.1) is 0 Å². The van der Waals surface area contributed by atoms with E-state index in [0.29, 0.717) is 6.61 Å². The van der Waals surface area contributed by atoms with E-state index < -0.39 is 33.2 Å². The Morgan fingerprint density at radius 1 is 0.562 bits per heavy atom. The van der Waals surface area contributed by atoms with Gasteiger partial charge in [0.05, 0.1) is 26.4 Å². The second-order valence-electron chi connectivity index (χ2n) is 13.7. The number of hydrogen-bond acceptors (Lipinski definition) is 8. The molecule has 1 unspecified atom stereocenters. The van der Waals surface area contributed by atoms with Crippen LogP contribution >= 0.6 is 7.82 Å². The molecule has 48 heavy (non-hydrogen) atoms. The zero-order chi connectivity index (χ0) is 35.4. The lowest BCUT2D eigenvalue weighted by molar-refractivity contribution is -0.154. The number of aliphatic hydroxyl groups is 2. The monoisotopic (exact) mass is 709 g/mol. The maximum atomic E-state index is 12.6. The zero-order valence-corrected chi connectivity index (χ0v) is 32.1. The molecule has 0 aromatic carbocycles. The summed E-state index contributed by atoms with van der Waals surface area (Å²) < 4.78 is 33.3. The van der Waals surface area contributed by atoms with Crippen molar-refractivity contribution < 1.29 is 43.0 Å². The van der Waals surface area contributed by atoms with E-state index >= 15 is 0 Å². The second-order valence-corrected chi connectivity index (χ2v) is 15.1. The third-order valence-electron chi connectivity index (χ3n) is 8.79. The van der Waals surface area contributed by atoms with Crippen LogP contribution in [0.3, 0.4) is 0 Å². The smallest absolute Gasteiger partial charge is 0.457 e. The molecule has 288 valence electrons. The van der Waals surface area contributed by atoms with Crippen LogP contribution in [0.5, 0.6) is 0 Å². The highest BCUT2D eigenvalue weighted by molar-refractivity contribution is 7.47. The molecule has 0 heterocycles. The van der Waals surface area contributed by atoms with Gasteiger partial charge in [-0.1, -0.05) is 174 Å². The highest BCUT2D eigenvalue weighted by atomic mass is 31.2. The molecule has 9 nitrogen and oxygen atoms in total. The van der Waals surface area contributed by atoms with Gasteiger partial charge in [0.25, 0.3) is 0 Å². The van der Waals surface area contributed by atoms with E-state index in [1.54, 1.807) is 0 Å². The van der Waals surface area contributed by atoms with Gasteiger partial charge >= 0.3 is 13.8 Å². The van der Waals surface area contributed by atoms with Crippen molar-refractivity contribution in [2.75, 3.05) is 33.0 Å². The summed E-state index contributed by atoms with van der Waals surface area (Å²) >= 11 is 0. The van der Waals surface area contributed by atoms with Crippen molar-refractivity contribution in [2.24, 2.45) is 0 Å². The van der Waals surface area contributed by atoms with Crippen molar-refractivity contribution in [2.45, 2.75) is 206 Å². The fourth-order valence-corrected chi connectivity index (χ4v) is 6.50. The van der Waals surface area contributed by atoms with Crippen molar-refractivity contribution >= 4 is 13.8 Å². The lowest BCUT2D eigenvalue weighted by Crippen LogP contribution is -2.29. The molecule has 0 rings (SSSR count). The van der Waals surface area contributed by atoms with Gasteiger partial charge in [0.2, 0.25) is 0 Å². The van der Waals surface area contributed by atoms with Gasteiger partial charge in [-0.05, 0) is 12.8 Å². The Hall–Kier alpha value is -0.540. The number of carbonyl (C=O) groups excluding carboxylic acids is 1. The minimum atomic E-state index is -4.50. The Labute approximate surface area is 295 Å². The first-order valence-electron chi connectivity index (χ1n) is 20.0. The minimum absolute atomic E-state index is 0.0574. The summed E-state index contributed by atoms with van der Waals surface area (Å²) in [6.45, 7) is 3.55. The summed E-state index contributed by atoms with van der Waals surface area (Å²) in [7, 11) is -4.50. The first-order chi connectivity index (χ1) is 23.3. The number of hydrogen-bond donors (Lipinski definition) is 3. The van der Waals surface area contributed by atoms with E-state index in [9.17, 15) is 19.4 Å². The molecule has 0 bridgehead atoms. The number of unbranched alkanes of at least 4 members (excludes halogenated alkanes) is 25. The van der Waals surface area contributed by atoms with Crippen LogP contribution in [0.15, 0.2) is 0 Å². The SMILES string of the molecule is CCCCCCCCCCCCCCCCCC(=O)O[C@H](COCCCCCCCCCCCCCC)COP(=O)(O)OC[C@@H](O)CO. The molecule has 0 radical (unpaired) electrons. The van der Waals surface area contributed by atoms with Crippen molar-refractivity contribution in [1.29, 1.82) is 0 Å². The predicted octanol–water partition coefficient (Wildman–Crippen LogP) is 10.4.